The second-order valence-corrected chi connectivity index (χ2v) is 6.88. The van der Waals surface area contributed by atoms with Crippen LogP contribution in [0, 0.1) is 0 Å². The number of para-hydroxylation sites is 2. The summed E-state index contributed by atoms with van der Waals surface area (Å²) in [7, 11) is 0. The van der Waals surface area contributed by atoms with Crippen LogP contribution in [0.4, 0.5) is 0 Å². The third-order valence-electron chi connectivity index (χ3n) is 4.55. The minimum absolute atomic E-state index is 0.421. The van der Waals surface area contributed by atoms with Crippen LogP contribution in [-0.2, 0) is 12.8 Å². The van der Waals surface area contributed by atoms with Crippen LogP contribution in [0.15, 0.2) is 48.5 Å². The predicted octanol–water partition coefficient (Wildman–Crippen LogP) is 7.03. The second-order valence-electron chi connectivity index (χ2n) is 6.88. The maximum absolute atomic E-state index is 9.58. The first-order chi connectivity index (χ1) is 12.7. The van der Waals surface area contributed by atoms with Crippen LogP contribution in [0.25, 0.3) is 0 Å². The molecule has 0 fully saturated rings. The first-order valence-corrected chi connectivity index (χ1v) is 10.2. The molecule has 0 radical (unpaired) electrons. The fraction of sp³-hybridized carbons (Fsp3) is 0.500. The smallest absolute Gasteiger partial charge is 0.118 e. The summed E-state index contributed by atoms with van der Waals surface area (Å²) in [5.41, 5.74) is 2.14. The molecule has 2 aromatic carbocycles. The summed E-state index contributed by atoms with van der Waals surface area (Å²) in [5, 5.41) is 18.8. The molecule has 144 valence electrons. The molecule has 2 N–H and O–H groups in total. The van der Waals surface area contributed by atoms with Crippen molar-refractivity contribution in [1.82, 2.24) is 0 Å². The topological polar surface area (TPSA) is 40.5 Å². The SMILES string of the molecule is CCCCCCCCCc1ccccc1O.CCCc1ccccc1O. The Hall–Kier alpha value is -1.96. The Morgan fingerprint density at radius 2 is 1.00 bits per heavy atom. The van der Waals surface area contributed by atoms with Gasteiger partial charge in [-0.15, -0.1) is 0 Å². The van der Waals surface area contributed by atoms with Gasteiger partial charge in [0.25, 0.3) is 0 Å². The van der Waals surface area contributed by atoms with Gasteiger partial charge in [0, 0.05) is 0 Å². The number of benzene rings is 2. The maximum Gasteiger partial charge on any atom is 0.118 e. The van der Waals surface area contributed by atoms with Gasteiger partial charge < -0.3 is 10.2 Å². The molecule has 0 atom stereocenters. The number of hydrogen-bond acceptors (Lipinski definition) is 2. The van der Waals surface area contributed by atoms with Crippen LogP contribution in [0.1, 0.15) is 76.3 Å². The van der Waals surface area contributed by atoms with E-state index in [9.17, 15) is 10.2 Å². The predicted molar refractivity (Wildman–Crippen MR) is 112 cm³/mol. The molecule has 0 bridgehead atoms. The van der Waals surface area contributed by atoms with E-state index in [1.54, 1.807) is 12.1 Å². The second kappa shape index (κ2) is 14.2. The third kappa shape index (κ3) is 9.50. The first-order valence-electron chi connectivity index (χ1n) is 10.2. The van der Waals surface area contributed by atoms with E-state index in [2.05, 4.69) is 13.8 Å². The Labute approximate surface area is 159 Å². The van der Waals surface area contributed by atoms with Gasteiger partial charge in [-0.05, 0) is 42.5 Å². The van der Waals surface area contributed by atoms with Gasteiger partial charge in [0.15, 0.2) is 0 Å². The highest BCUT2D eigenvalue weighted by Gasteiger charge is 1.99. The lowest BCUT2D eigenvalue weighted by Gasteiger charge is -2.04. The van der Waals surface area contributed by atoms with E-state index in [1.165, 1.54) is 44.9 Å². The van der Waals surface area contributed by atoms with Crippen molar-refractivity contribution in [3.8, 4) is 11.5 Å². The van der Waals surface area contributed by atoms with Crippen molar-refractivity contribution in [3.05, 3.63) is 59.7 Å². The fourth-order valence-electron chi connectivity index (χ4n) is 2.99. The van der Waals surface area contributed by atoms with Crippen molar-refractivity contribution in [2.75, 3.05) is 0 Å². The maximum atomic E-state index is 9.58. The molecule has 0 aliphatic rings. The summed E-state index contributed by atoms with van der Waals surface area (Å²) in [6, 6.07) is 15.1. The molecule has 26 heavy (non-hydrogen) atoms. The summed E-state index contributed by atoms with van der Waals surface area (Å²) < 4.78 is 0. The van der Waals surface area contributed by atoms with Gasteiger partial charge in [0.1, 0.15) is 11.5 Å². The number of phenolic OH excluding ortho intramolecular Hbond substituents is 2. The molecule has 0 saturated carbocycles. The average molecular weight is 357 g/mol. The highest BCUT2D eigenvalue weighted by molar-refractivity contribution is 5.32. The van der Waals surface area contributed by atoms with Gasteiger partial charge >= 0.3 is 0 Å². The standard InChI is InChI=1S/C15H24O.C9H12O/c1-2-3-4-5-6-7-8-11-14-12-9-10-13-15(14)16;1-2-5-8-6-3-4-7-9(8)10/h9-10,12-13,16H,2-8,11H2,1H3;3-4,6-7,10H,2,5H2,1H3. The molecule has 0 saturated heterocycles. The first kappa shape index (κ1) is 22.1. The Morgan fingerprint density at radius 1 is 0.538 bits per heavy atom. The number of aromatic hydroxyl groups is 2. The van der Waals surface area contributed by atoms with Crippen LogP contribution in [0.3, 0.4) is 0 Å². The van der Waals surface area contributed by atoms with Gasteiger partial charge in [-0.1, -0.05) is 95.2 Å². The van der Waals surface area contributed by atoms with E-state index in [-0.39, 0.29) is 0 Å². The van der Waals surface area contributed by atoms with Crippen molar-refractivity contribution in [2.24, 2.45) is 0 Å². The molecule has 0 aliphatic carbocycles. The van der Waals surface area contributed by atoms with Crippen LogP contribution < -0.4 is 0 Å². The van der Waals surface area contributed by atoms with Crippen molar-refractivity contribution in [2.45, 2.75) is 78.1 Å². The van der Waals surface area contributed by atoms with Crippen LogP contribution in [0.5, 0.6) is 11.5 Å². The van der Waals surface area contributed by atoms with Crippen molar-refractivity contribution < 1.29 is 10.2 Å². The largest absolute Gasteiger partial charge is 0.508 e. The fourth-order valence-corrected chi connectivity index (χ4v) is 2.99. The zero-order valence-corrected chi connectivity index (χ0v) is 16.6. The van der Waals surface area contributed by atoms with Gasteiger partial charge in [-0.25, -0.2) is 0 Å². The summed E-state index contributed by atoms with van der Waals surface area (Å²) in [6.45, 7) is 4.35. The molecule has 0 amide bonds. The molecule has 0 heterocycles. The number of aryl methyl sites for hydroxylation is 2. The Morgan fingerprint density at radius 3 is 1.50 bits per heavy atom. The molecule has 2 aromatic rings. The van der Waals surface area contributed by atoms with Crippen LogP contribution >= 0.6 is 0 Å². The molecule has 0 unspecified atom stereocenters. The molecule has 2 nitrogen and oxygen atoms in total. The van der Waals surface area contributed by atoms with E-state index in [4.69, 9.17) is 0 Å². The molecule has 2 heteroatoms. The zero-order chi connectivity index (χ0) is 19.0. The molecule has 0 aliphatic heterocycles. The summed E-state index contributed by atoms with van der Waals surface area (Å²) >= 11 is 0. The van der Waals surface area contributed by atoms with Gasteiger partial charge in [0.2, 0.25) is 0 Å². The Balaban J connectivity index is 0.000000289. The Kier molecular flexibility index (Phi) is 12.1. The molecule has 0 aromatic heterocycles. The van der Waals surface area contributed by atoms with Crippen LogP contribution in [0.2, 0.25) is 0 Å². The minimum Gasteiger partial charge on any atom is -0.508 e. The molecule has 0 spiro atoms. The summed E-state index contributed by atoms with van der Waals surface area (Å²) in [6.07, 6.45) is 12.3. The lowest BCUT2D eigenvalue weighted by atomic mass is 10.0. The van der Waals surface area contributed by atoms with E-state index in [0.717, 1.165) is 30.4 Å². The van der Waals surface area contributed by atoms with Gasteiger partial charge in [0.05, 0.1) is 0 Å². The number of hydrogen-bond donors (Lipinski definition) is 2. The van der Waals surface area contributed by atoms with Gasteiger partial charge in [-0.3, -0.25) is 0 Å². The van der Waals surface area contributed by atoms with E-state index in [1.807, 2.05) is 36.4 Å². The highest BCUT2D eigenvalue weighted by atomic mass is 16.3. The third-order valence-corrected chi connectivity index (χ3v) is 4.55. The summed E-state index contributed by atoms with van der Waals surface area (Å²) in [5.74, 6) is 0.873. The molecular weight excluding hydrogens is 320 g/mol. The van der Waals surface area contributed by atoms with E-state index in [0.29, 0.717) is 11.5 Å². The number of rotatable bonds is 10. The average Bonchev–Trinajstić information content (AvgIpc) is 2.65. The van der Waals surface area contributed by atoms with E-state index < -0.39 is 0 Å². The van der Waals surface area contributed by atoms with Crippen molar-refractivity contribution >= 4 is 0 Å². The molecule has 2 rings (SSSR count). The normalized spacial score (nSPS) is 10.2. The zero-order valence-electron chi connectivity index (χ0n) is 16.6. The monoisotopic (exact) mass is 356 g/mol. The number of phenols is 2. The minimum atomic E-state index is 0.421. The quantitative estimate of drug-likeness (QED) is 0.449. The molecular formula is C24H36O2. The number of unbranched alkanes of at least 4 members (excludes halogenated alkanes) is 6. The lowest BCUT2D eigenvalue weighted by molar-refractivity contribution is 0.466. The van der Waals surface area contributed by atoms with Crippen molar-refractivity contribution in [3.63, 3.8) is 0 Å². The van der Waals surface area contributed by atoms with E-state index >= 15 is 0 Å². The lowest BCUT2D eigenvalue weighted by Crippen LogP contribution is -1.87. The van der Waals surface area contributed by atoms with Crippen molar-refractivity contribution in [1.29, 1.82) is 0 Å². The Bertz CT molecular complexity index is 592. The highest BCUT2D eigenvalue weighted by Crippen LogP contribution is 2.19. The summed E-state index contributed by atoms with van der Waals surface area (Å²) in [4.78, 5) is 0. The van der Waals surface area contributed by atoms with Gasteiger partial charge in [-0.2, -0.15) is 0 Å². The van der Waals surface area contributed by atoms with Crippen LogP contribution in [-0.4, -0.2) is 10.2 Å².